The average molecular weight is 183 g/mol. The van der Waals surface area contributed by atoms with Crippen molar-refractivity contribution in [1.82, 2.24) is 4.57 Å². The standard InChI is InChI=1S/C8H9NO4/c10-4-3-9-5-6(8(12)13)1-2-7(9)11/h1-2,5,10H,3-4H2,(H,12,13). The van der Waals surface area contributed by atoms with E-state index in [0.717, 1.165) is 4.57 Å². The minimum atomic E-state index is -1.09. The third-order valence-electron chi connectivity index (χ3n) is 1.57. The van der Waals surface area contributed by atoms with Crippen LogP contribution in [0.3, 0.4) is 0 Å². The quantitative estimate of drug-likeness (QED) is 0.664. The van der Waals surface area contributed by atoms with Gasteiger partial charge in [-0.2, -0.15) is 0 Å². The largest absolute Gasteiger partial charge is 0.478 e. The average Bonchev–Trinajstić information content (AvgIpc) is 2.08. The number of hydrogen-bond donors (Lipinski definition) is 2. The van der Waals surface area contributed by atoms with Gasteiger partial charge in [-0.3, -0.25) is 4.79 Å². The number of carboxylic acid groups (broad SMARTS) is 1. The maximum absolute atomic E-state index is 11.0. The maximum Gasteiger partial charge on any atom is 0.337 e. The van der Waals surface area contributed by atoms with E-state index in [1.165, 1.54) is 18.3 Å². The molecular weight excluding hydrogens is 174 g/mol. The van der Waals surface area contributed by atoms with E-state index in [1.54, 1.807) is 0 Å². The molecule has 0 fully saturated rings. The molecule has 1 aromatic rings. The number of carboxylic acids is 1. The van der Waals surface area contributed by atoms with Crippen LogP contribution < -0.4 is 5.56 Å². The van der Waals surface area contributed by atoms with Crippen LogP contribution in [0.5, 0.6) is 0 Å². The molecule has 0 aliphatic carbocycles. The summed E-state index contributed by atoms with van der Waals surface area (Å²) in [6.07, 6.45) is 1.21. The highest BCUT2D eigenvalue weighted by molar-refractivity contribution is 5.87. The molecule has 1 rings (SSSR count). The molecule has 2 N–H and O–H groups in total. The highest BCUT2D eigenvalue weighted by atomic mass is 16.4. The van der Waals surface area contributed by atoms with Crippen molar-refractivity contribution in [2.75, 3.05) is 6.61 Å². The zero-order chi connectivity index (χ0) is 9.84. The van der Waals surface area contributed by atoms with Crippen LogP contribution in [0.25, 0.3) is 0 Å². The van der Waals surface area contributed by atoms with E-state index in [1.807, 2.05) is 0 Å². The van der Waals surface area contributed by atoms with Crippen LogP contribution in [-0.2, 0) is 6.54 Å². The Morgan fingerprint density at radius 2 is 2.15 bits per heavy atom. The summed E-state index contributed by atoms with van der Waals surface area (Å²) in [6, 6.07) is 2.40. The van der Waals surface area contributed by atoms with E-state index in [-0.39, 0.29) is 24.3 Å². The van der Waals surface area contributed by atoms with Gasteiger partial charge >= 0.3 is 5.97 Å². The monoisotopic (exact) mass is 183 g/mol. The fourth-order valence-corrected chi connectivity index (χ4v) is 0.940. The normalized spacial score (nSPS) is 9.92. The molecule has 5 heteroatoms. The van der Waals surface area contributed by atoms with E-state index < -0.39 is 5.97 Å². The van der Waals surface area contributed by atoms with Crippen LogP contribution in [0.15, 0.2) is 23.1 Å². The molecule has 0 aliphatic heterocycles. The Hall–Kier alpha value is -1.62. The summed E-state index contributed by atoms with van der Waals surface area (Å²) in [4.78, 5) is 21.5. The van der Waals surface area contributed by atoms with Crippen molar-refractivity contribution in [3.05, 3.63) is 34.2 Å². The second-order valence-corrected chi connectivity index (χ2v) is 2.48. The molecule has 0 atom stereocenters. The van der Waals surface area contributed by atoms with Crippen molar-refractivity contribution in [3.63, 3.8) is 0 Å². The first kappa shape index (κ1) is 9.47. The van der Waals surface area contributed by atoms with Crippen molar-refractivity contribution < 1.29 is 15.0 Å². The Morgan fingerprint density at radius 3 is 2.69 bits per heavy atom. The van der Waals surface area contributed by atoms with Crippen molar-refractivity contribution in [2.45, 2.75) is 6.54 Å². The van der Waals surface area contributed by atoms with Crippen LogP contribution in [0, 0.1) is 0 Å². The second-order valence-electron chi connectivity index (χ2n) is 2.48. The minimum absolute atomic E-state index is 0.0352. The van der Waals surface area contributed by atoms with Crippen molar-refractivity contribution in [2.24, 2.45) is 0 Å². The lowest BCUT2D eigenvalue weighted by atomic mass is 10.3. The number of pyridine rings is 1. The third-order valence-corrected chi connectivity index (χ3v) is 1.57. The lowest BCUT2D eigenvalue weighted by Crippen LogP contribution is -2.21. The van der Waals surface area contributed by atoms with Crippen LogP contribution in [-0.4, -0.2) is 27.4 Å². The van der Waals surface area contributed by atoms with Gasteiger partial charge in [0.2, 0.25) is 0 Å². The van der Waals surface area contributed by atoms with Crippen molar-refractivity contribution >= 4 is 5.97 Å². The number of nitrogens with zero attached hydrogens (tertiary/aromatic N) is 1. The van der Waals surface area contributed by atoms with E-state index in [0.29, 0.717) is 0 Å². The summed E-state index contributed by atoms with van der Waals surface area (Å²) in [6.45, 7) is -0.0804. The van der Waals surface area contributed by atoms with E-state index in [2.05, 4.69) is 0 Å². The fraction of sp³-hybridized carbons (Fsp3) is 0.250. The van der Waals surface area contributed by atoms with Crippen LogP contribution in [0.4, 0.5) is 0 Å². The summed E-state index contributed by atoms with van der Waals surface area (Å²) in [5, 5.41) is 17.2. The SMILES string of the molecule is O=C(O)c1ccc(=O)n(CCO)c1. The predicted molar refractivity (Wildman–Crippen MR) is 44.7 cm³/mol. The Bertz CT molecular complexity index is 369. The van der Waals surface area contributed by atoms with Gasteiger partial charge in [-0.05, 0) is 6.07 Å². The molecule has 0 spiro atoms. The van der Waals surface area contributed by atoms with Crippen LogP contribution in [0.2, 0.25) is 0 Å². The smallest absolute Gasteiger partial charge is 0.337 e. The zero-order valence-corrected chi connectivity index (χ0v) is 6.80. The van der Waals surface area contributed by atoms with Crippen molar-refractivity contribution in [1.29, 1.82) is 0 Å². The van der Waals surface area contributed by atoms with E-state index in [9.17, 15) is 9.59 Å². The van der Waals surface area contributed by atoms with Gasteiger partial charge in [0.15, 0.2) is 0 Å². The molecule has 0 radical (unpaired) electrons. The molecule has 0 aliphatic rings. The molecule has 0 unspecified atom stereocenters. The number of rotatable bonds is 3. The maximum atomic E-state index is 11.0. The van der Waals surface area contributed by atoms with Crippen LogP contribution in [0.1, 0.15) is 10.4 Å². The Balaban J connectivity index is 3.11. The van der Waals surface area contributed by atoms with Crippen molar-refractivity contribution in [3.8, 4) is 0 Å². The topological polar surface area (TPSA) is 79.5 Å². The van der Waals surface area contributed by atoms with Gasteiger partial charge in [-0.15, -0.1) is 0 Å². The number of hydrogen-bond acceptors (Lipinski definition) is 3. The molecule has 0 amide bonds. The van der Waals surface area contributed by atoms with E-state index >= 15 is 0 Å². The van der Waals surface area contributed by atoms with Gasteiger partial charge < -0.3 is 14.8 Å². The molecule has 13 heavy (non-hydrogen) atoms. The van der Waals surface area contributed by atoms with Gasteiger partial charge in [0.05, 0.1) is 12.2 Å². The number of carbonyl (C=O) groups is 1. The Labute approximate surface area is 73.9 Å². The predicted octanol–water partition coefficient (Wildman–Crippen LogP) is -0.461. The zero-order valence-electron chi connectivity index (χ0n) is 6.80. The van der Waals surface area contributed by atoms with Gasteiger partial charge in [0.1, 0.15) is 0 Å². The summed E-state index contributed by atoms with van der Waals surface area (Å²) in [5.74, 6) is -1.09. The molecule has 1 heterocycles. The first-order valence-corrected chi connectivity index (χ1v) is 3.70. The first-order chi connectivity index (χ1) is 6.15. The van der Waals surface area contributed by atoms with E-state index in [4.69, 9.17) is 10.2 Å². The van der Waals surface area contributed by atoms with Gasteiger partial charge in [-0.25, -0.2) is 4.79 Å². The minimum Gasteiger partial charge on any atom is -0.478 e. The lowest BCUT2D eigenvalue weighted by Gasteiger charge is -2.02. The molecule has 0 saturated carbocycles. The number of aliphatic hydroxyl groups is 1. The molecule has 0 bridgehead atoms. The Kier molecular flexibility index (Phi) is 2.81. The Morgan fingerprint density at radius 1 is 1.46 bits per heavy atom. The molecule has 70 valence electrons. The number of aromatic nitrogens is 1. The van der Waals surface area contributed by atoms with Crippen LogP contribution >= 0.6 is 0 Å². The lowest BCUT2D eigenvalue weighted by molar-refractivity contribution is 0.0695. The van der Waals surface area contributed by atoms with Gasteiger partial charge in [0.25, 0.3) is 5.56 Å². The van der Waals surface area contributed by atoms with Gasteiger partial charge in [0, 0.05) is 18.8 Å². The summed E-state index contributed by atoms with van der Waals surface area (Å²) >= 11 is 0. The summed E-state index contributed by atoms with van der Waals surface area (Å²) < 4.78 is 1.16. The molecule has 0 aromatic carbocycles. The van der Waals surface area contributed by atoms with Gasteiger partial charge in [-0.1, -0.05) is 0 Å². The molecule has 5 nitrogen and oxygen atoms in total. The fourth-order valence-electron chi connectivity index (χ4n) is 0.940. The highest BCUT2D eigenvalue weighted by Crippen LogP contribution is 1.94. The molecular formula is C8H9NO4. The number of aromatic carboxylic acids is 1. The second kappa shape index (κ2) is 3.86. The first-order valence-electron chi connectivity index (χ1n) is 3.70. The third kappa shape index (κ3) is 2.16. The summed E-state index contributed by atoms with van der Waals surface area (Å²) in [5.41, 5.74) is -0.285. The summed E-state index contributed by atoms with van der Waals surface area (Å²) in [7, 11) is 0. The number of aliphatic hydroxyl groups excluding tert-OH is 1. The highest BCUT2D eigenvalue weighted by Gasteiger charge is 2.03. The molecule has 0 saturated heterocycles. The molecule has 1 aromatic heterocycles.